The van der Waals surface area contributed by atoms with Crippen LogP contribution in [-0.2, 0) is 9.53 Å². The fraction of sp³-hybridized carbons (Fsp3) is 0.929. The van der Waals surface area contributed by atoms with Gasteiger partial charge in [0.15, 0.2) is 5.78 Å². The third-order valence-corrected chi connectivity index (χ3v) is 4.88. The van der Waals surface area contributed by atoms with Crippen molar-refractivity contribution in [2.45, 2.75) is 44.6 Å². The van der Waals surface area contributed by atoms with Gasteiger partial charge in [0, 0.05) is 25.6 Å². The van der Waals surface area contributed by atoms with E-state index in [-0.39, 0.29) is 17.8 Å². The van der Waals surface area contributed by atoms with Gasteiger partial charge in [-0.1, -0.05) is 19.8 Å². The molecule has 0 spiro atoms. The van der Waals surface area contributed by atoms with Gasteiger partial charge in [-0.3, -0.25) is 9.69 Å². The van der Waals surface area contributed by atoms with Crippen LogP contribution in [0.4, 0.5) is 0 Å². The summed E-state index contributed by atoms with van der Waals surface area (Å²) in [6.45, 7) is 4.19. The van der Waals surface area contributed by atoms with Crippen molar-refractivity contribution in [2.75, 3.05) is 33.4 Å². The van der Waals surface area contributed by atoms with Crippen LogP contribution in [0.3, 0.4) is 0 Å². The smallest absolute Gasteiger partial charge is 0.164 e. The van der Waals surface area contributed by atoms with E-state index < -0.39 is 5.54 Å². The van der Waals surface area contributed by atoms with Gasteiger partial charge < -0.3 is 9.84 Å². The Morgan fingerprint density at radius 3 is 2.56 bits per heavy atom. The van der Waals surface area contributed by atoms with Gasteiger partial charge in [0.1, 0.15) is 5.54 Å². The number of aliphatic hydroxyl groups is 1. The topological polar surface area (TPSA) is 49.8 Å². The zero-order chi connectivity index (χ0) is 13.2. The Morgan fingerprint density at radius 1 is 1.39 bits per heavy atom. The van der Waals surface area contributed by atoms with Crippen LogP contribution in [-0.4, -0.2) is 54.7 Å². The average molecular weight is 255 g/mol. The minimum atomic E-state index is -0.765. The van der Waals surface area contributed by atoms with Gasteiger partial charge in [-0.2, -0.15) is 0 Å². The Labute approximate surface area is 109 Å². The van der Waals surface area contributed by atoms with E-state index in [1.54, 1.807) is 7.11 Å². The number of ether oxygens (including phenoxy) is 1. The van der Waals surface area contributed by atoms with E-state index >= 15 is 0 Å². The second-order valence-corrected chi connectivity index (χ2v) is 5.82. The molecule has 0 aromatic heterocycles. The van der Waals surface area contributed by atoms with Gasteiger partial charge in [-0.25, -0.2) is 0 Å². The second kappa shape index (κ2) is 5.27. The molecule has 3 aliphatic rings. The summed E-state index contributed by atoms with van der Waals surface area (Å²) in [6, 6.07) is 0. The Kier molecular flexibility index (Phi) is 4.09. The standard InChI is InChI=1S/C14H25NO3/c1-3-4-5-13-6-8-15(9-7-13)14(10-16,11-18-2)12(13)17/h16H,3-11H2,1-2H3. The molecule has 2 bridgehead atoms. The second-order valence-electron chi connectivity index (χ2n) is 5.82. The molecular weight excluding hydrogens is 230 g/mol. The molecule has 0 aromatic carbocycles. The molecule has 104 valence electrons. The number of carbonyl (C=O) groups is 1. The van der Waals surface area contributed by atoms with Gasteiger partial charge in [0.05, 0.1) is 13.2 Å². The van der Waals surface area contributed by atoms with Crippen LogP contribution in [0, 0.1) is 5.41 Å². The lowest BCUT2D eigenvalue weighted by Crippen LogP contribution is -2.72. The molecular formula is C14H25NO3. The molecule has 3 aliphatic heterocycles. The maximum Gasteiger partial charge on any atom is 0.164 e. The molecule has 4 heteroatoms. The molecule has 3 rings (SSSR count). The van der Waals surface area contributed by atoms with Gasteiger partial charge in [-0.15, -0.1) is 0 Å². The quantitative estimate of drug-likeness (QED) is 0.775. The highest BCUT2D eigenvalue weighted by atomic mass is 16.5. The molecule has 1 N–H and O–H groups in total. The number of nitrogens with zero attached hydrogens (tertiary/aromatic N) is 1. The number of piperidine rings is 3. The molecule has 0 aromatic rings. The van der Waals surface area contributed by atoms with Crippen LogP contribution in [0.5, 0.6) is 0 Å². The zero-order valence-electron chi connectivity index (χ0n) is 11.6. The number of fused-ring (bicyclic) bond motifs is 3. The van der Waals surface area contributed by atoms with Crippen molar-refractivity contribution >= 4 is 5.78 Å². The summed E-state index contributed by atoms with van der Waals surface area (Å²) in [6.07, 6.45) is 5.10. The van der Waals surface area contributed by atoms with Crippen LogP contribution in [0.25, 0.3) is 0 Å². The Balaban J connectivity index is 2.26. The molecule has 18 heavy (non-hydrogen) atoms. The Bertz CT molecular complexity index is 310. The third-order valence-electron chi connectivity index (χ3n) is 4.88. The zero-order valence-corrected chi connectivity index (χ0v) is 11.6. The molecule has 0 aliphatic carbocycles. The number of hydrogen-bond donors (Lipinski definition) is 1. The van der Waals surface area contributed by atoms with Crippen molar-refractivity contribution in [2.24, 2.45) is 5.41 Å². The number of ketones is 1. The molecule has 0 radical (unpaired) electrons. The lowest BCUT2D eigenvalue weighted by Gasteiger charge is -2.57. The van der Waals surface area contributed by atoms with Crippen molar-refractivity contribution in [3.8, 4) is 0 Å². The lowest BCUT2D eigenvalue weighted by molar-refractivity contribution is -0.171. The molecule has 3 saturated heterocycles. The van der Waals surface area contributed by atoms with Crippen molar-refractivity contribution in [1.82, 2.24) is 4.90 Å². The maximum absolute atomic E-state index is 12.9. The van der Waals surface area contributed by atoms with Crippen molar-refractivity contribution in [1.29, 1.82) is 0 Å². The summed E-state index contributed by atoms with van der Waals surface area (Å²) in [4.78, 5) is 15.0. The van der Waals surface area contributed by atoms with E-state index in [0.29, 0.717) is 6.61 Å². The third kappa shape index (κ3) is 1.91. The van der Waals surface area contributed by atoms with E-state index in [1.807, 2.05) is 0 Å². The van der Waals surface area contributed by atoms with E-state index in [4.69, 9.17) is 4.74 Å². The number of methoxy groups -OCH3 is 1. The SMILES string of the molecule is CCCCC12CCN(CC1)C(CO)(COC)C2=O. The first-order valence-corrected chi connectivity index (χ1v) is 7.05. The average Bonchev–Trinajstić information content (AvgIpc) is 2.42. The fourth-order valence-corrected chi connectivity index (χ4v) is 3.72. The molecule has 4 nitrogen and oxygen atoms in total. The molecule has 3 heterocycles. The first kappa shape index (κ1) is 14.0. The fourth-order valence-electron chi connectivity index (χ4n) is 3.72. The normalized spacial score (nSPS) is 39.3. The summed E-state index contributed by atoms with van der Waals surface area (Å²) in [5, 5.41) is 9.76. The summed E-state index contributed by atoms with van der Waals surface area (Å²) >= 11 is 0. The summed E-state index contributed by atoms with van der Waals surface area (Å²) in [5.41, 5.74) is -0.953. The minimum Gasteiger partial charge on any atom is -0.394 e. The highest BCUT2D eigenvalue weighted by molar-refractivity contribution is 5.95. The lowest BCUT2D eigenvalue weighted by atomic mass is 9.61. The molecule has 0 amide bonds. The Hall–Kier alpha value is -0.450. The number of rotatable bonds is 6. The predicted octanol–water partition coefficient (Wildman–Crippen LogP) is 1.22. The van der Waals surface area contributed by atoms with E-state index in [1.165, 1.54) is 0 Å². The van der Waals surface area contributed by atoms with Gasteiger partial charge >= 0.3 is 0 Å². The van der Waals surface area contributed by atoms with Crippen LogP contribution < -0.4 is 0 Å². The van der Waals surface area contributed by atoms with Gasteiger partial charge in [0.2, 0.25) is 0 Å². The Morgan fingerprint density at radius 2 is 2.06 bits per heavy atom. The van der Waals surface area contributed by atoms with Gasteiger partial charge in [-0.05, 0) is 19.3 Å². The van der Waals surface area contributed by atoms with E-state index in [2.05, 4.69) is 11.8 Å². The summed E-state index contributed by atoms with van der Waals surface area (Å²) in [5.74, 6) is 0.227. The number of hydrogen-bond acceptors (Lipinski definition) is 4. The van der Waals surface area contributed by atoms with Crippen LogP contribution in [0.15, 0.2) is 0 Å². The van der Waals surface area contributed by atoms with E-state index in [0.717, 1.165) is 45.2 Å². The largest absolute Gasteiger partial charge is 0.394 e. The summed E-state index contributed by atoms with van der Waals surface area (Å²) < 4.78 is 5.23. The first-order chi connectivity index (χ1) is 8.65. The predicted molar refractivity (Wildman–Crippen MR) is 69.5 cm³/mol. The number of Topliss-reactive ketones (excluding diaryl/α,β-unsaturated/α-hetero) is 1. The molecule has 0 saturated carbocycles. The van der Waals surface area contributed by atoms with E-state index in [9.17, 15) is 9.90 Å². The van der Waals surface area contributed by atoms with Crippen molar-refractivity contribution in [3.05, 3.63) is 0 Å². The highest BCUT2D eigenvalue weighted by Crippen LogP contribution is 2.48. The maximum atomic E-state index is 12.9. The van der Waals surface area contributed by atoms with Crippen LogP contribution >= 0.6 is 0 Å². The molecule has 1 atom stereocenters. The number of unbranched alkanes of at least 4 members (excludes halogenated alkanes) is 1. The monoisotopic (exact) mass is 255 g/mol. The number of carbonyl (C=O) groups excluding carboxylic acids is 1. The van der Waals surface area contributed by atoms with Crippen LogP contribution in [0.2, 0.25) is 0 Å². The molecule has 1 unspecified atom stereocenters. The van der Waals surface area contributed by atoms with Crippen molar-refractivity contribution in [3.63, 3.8) is 0 Å². The van der Waals surface area contributed by atoms with Crippen molar-refractivity contribution < 1.29 is 14.6 Å². The first-order valence-electron chi connectivity index (χ1n) is 7.05. The van der Waals surface area contributed by atoms with Crippen LogP contribution in [0.1, 0.15) is 39.0 Å². The van der Waals surface area contributed by atoms with Gasteiger partial charge in [0.25, 0.3) is 0 Å². The minimum absolute atomic E-state index is 0.118. The summed E-state index contributed by atoms with van der Waals surface area (Å²) in [7, 11) is 1.60. The molecule has 3 fully saturated rings. The number of aliphatic hydroxyl groups excluding tert-OH is 1. The highest BCUT2D eigenvalue weighted by Gasteiger charge is 2.59.